The molecule has 0 saturated heterocycles. The van der Waals surface area contributed by atoms with Crippen molar-refractivity contribution in [1.82, 2.24) is 0 Å². The van der Waals surface area contributed by atoms with Crippen molar-refractivity contribution in [2.45, 2.75) is 19.1 Å². The monoisotopic (exact) mass is 167 g/mol. The zero-order valence-electron chi connectivity index (χ0n) is 4.53. The number of carbonyl (C=O) groups is 1. The van der Waals surface area contributed by atoms with Gasteiger partial charge in [0.25, 0.3) is 0 Å². The van der Waals surface area contributed by atoms with E-state index in [4.69, 9.17) is 15.9 Å². The molecule has 10 heavy (non-hydrogen) atoms. The van der Waals surface area contributed by atoms with Crippen molar-refractivity contribution in [1.29, 1.82) is 0 Å². The average Bonchev–Trinajstić information content (AvgIpc) is 1.64. The summed E-state index contributed by atoms with van der Waals surface area (Å²) in [5.74, 6) is -1.18. The molecule has 0 aromatic carbocycles. The van der Waals surface area contributed by atoms with Crippen LogP contribution in [-0.4, -0.2) is 87.4 Å². The van der Waals surface area contributed by atoms with E-state index in [1.165, 1.54) is 6.92 Å². The number of aliphatic hydroxyl groups is 1. The van der Waals surface area contributed by atoms with Crippen LogP contribution < -0.4 is 5.73 Å². The van der Waals surface area contributed by atoms with E-state index in [1.54, 1.807) is 0 Å². The van der Waals surface area contributed by atoms with Gasteiger partial charge in [-0.05, 0) is 6.92 Å². The van der Waals surface area contributed by atoms with Gasteiger partial charge in [0, 0.05) is 0 Å². The van der Waals surface area contributed by atoms with Gasteiger partial charge in [0.2, 0.25) is 0 Å². The fraction of sp³-hybridized carbons (Fsp3) is 0.750. The molecule has 0 aromatic rings. The van der Waals surface area contributed by atoms with E-state index >= 15 is 0 Å². The molecular weight excluding hydrogens is 156 g/mol. The summed E-state index contributed by atoms with van der Waals surface area (Å²) in [7, 11) is 0. The molecule has 6 heteroatoms. The Balaban J connectivity index is -0.000000245. The van der Waals surface area contributed by atoms with Gasteiger partial charge in [-0.25, -0.2) is 0 Å². The standard InChI is InChI=1S/C4H9NO3.2Na.2H/c1-2(6)3(5)4(7)8;;;;/h2-3,6H,5H2,1H3,(H,7,8);;;;/t2-,3+;;;;/m1..../s1. The fourth-order valence-electron chi connectivity index (χ4n) is 0.206. The summed E-state index contributed by atoms with van der Waals surface area (Å²) in [5.41, 5.74) is 4.91. The summed E-state index contributed by atoms with van der Waals surface area (Å²) in [5, 5.41) is 16.6. The molecule has 0 aliphatic rings. The van der Waals surface area contributed by atoms with Crippen LogP contribution in [0.25, 0.3) is 0 Å². The van der Waals surface area contributed by atoms with Crippen LogP contribution >= 0.6 is 0 Å². The number of aliphatic hydroxyl groups excluding tert-OH is 1. The van der Waals surface area contributed by atoms with Crippen LogP contribution in [0.5, 0.6) is 0 Å². The average molecular weight is 167 g/mol. The molecule has 0 saturated carbocycles. The molecule has 0 heterocycles. The molecule has 2 atom stereocenters. The third kappa shape index (κ3) is 7.50. The van der Waals surface area contributed by atoms with E-state index in [1.807, 2.05) is 0 Å². The van der Waals surface area contributed by atoms with E-state index in [0.717, 1.165) is 0 Å². The van der Waals surface area contributed by atoms with E-state index in [-0.39, 0.29) is 59.1 Å². The van der Waals surface area contributed by atoms with Gasteiger partial charge in [-0.15, -0.1) is 0 Å². The molecule has 4 nitrogen and oxygen atoms in total. The summed E-state index contributed by atoms with van der Waals surface area (Å²) in [6, 6.07) is -1.16. The first kappa shape index (κ1) is 17.5. The molecule has 0 spiro atoms. The van der Waals surface area contributed by atoms with Crippen LogP contribution in [0.15, 0.2) is 0 Å². The van der Waals surface area contributed by atoms with Crippen LogP contribution in [0, 0.1) is 0 Å². The SMILES string of the molecule is C[C@@H](O)[C@H](N)C(=O)O.[NaH].[NaH]. The quantitative estimate of drug-likeness (QED) is 0.396. The Labute approximate surface area is 104 Å². The molecule has 0 fully saturated rings. The molecular formula is C4H11NNa2O3. The van der Waals surface area contributed by atoms with Crippen molar-refractivity contribution in [3.8, 4) is 0 Å². The van der Waals surface area contributed by atoms with Gasteiger partial charge >= 0.3 is 65.1 Å². The van der Waals surface area contributed by atoms with Gasteiger partial charge in [0.05, 0.1) is 6.10 Å². The molecule has 0 aliphatic carbocycles. The zero-order chi connectivity index (χ0) is 6.73. The van der Waals surface area contributed by atoms with Crippen LogP contribution in [-0.2, 0) is 4.79 Å². The first-order chi connectivity index (χ1) is 3.55. The normalized spacial score (nSPS) is 13.9. The number of rotatable bonds is 2. The predicted molar refractivity (Wildman–Crippen MR) is 41.6 cm³/mol. The Kier molecular flexibility index (Phi) is 14.8. The summed E-state index contributed by atoms with van der Waals surface area (Å²) in [4.78, 5) is 9.86. The molecule has 52 valence electrons. The second kappa shape index (κ2) is 8.49. The maximum absolute atomic E-state index is 9.86. The molecule has 0 bridgehead atoms. The molecule has 0 radical (unpaired) electrons. The van der Waals surface area contributed by atoms with Crippen molar-refractivity contribution in [3.05, 3.63) is 0 Å². The predicted octanol–water partition coefficient (Wildman–Crippen LogP) is -2.52. The van der Waals surface area contributed by atoms with Crippen LogP contribution in [0.3, 0.4) is 0 Å². The summed E-state index contributed by atoms with van der Waals surface area (Å²) >= 11 is 0. The fourth-order valence-corrected chi connectivity index (χ4v) is 0.206. The number of hydrogen-bond donors (Lipinski definition) is 3. The van der Waals surface area contributed by atoms with Crippen molar-refractivity contribution in [3.63, 3.8) is 0 Å². The van der Waals surface area contributed by atoms with Gasteiger partial charge in [0.1, 0.15) is 6.04 Å². The number of hydrogen-bond acceptors (Lipinski definition) is 3. The molecule has 0 unspecified atom stereocenters. The van der Waals surface area contributed by atoms with Gasteiger partial charge in [0.15, 0.2) is 0 Å². The Morgan fingerprint density at radius 1 is 1.50 bits per heavy atom. The van der Waals surface area contributed by atoms with E-state index in [2.05, 4.69) is 0 Å². The van der Waals surface area contributed by atoms with Crippen LogP contribution in [0.1, 0.15) is 6.92 Å². The van der Waals surface area contributed by atoms with Gasteiger partial charge in [-0.2, -0.15) is 0 Å². The molecule has 0 amide bonds. The summed E-state index contributed by atoms with van der Waals surface area (Å²) < 4.78 is 0. The van der Waals surface area contributed by atoms with E-state index in [0.29, 0.717) is 0 Å². The molecule has 0 aliphatic heterocycles. The third-order valence-electron chi connectivity index (χ3n) is 0.805. The minimum absolute atomic E-state index is 0. The maximum atomic E-state index is 9.86. The summed E-state index contributed by atoms with van der Waals surface area (Å²) in [6.45, 7) is 1.33. The molecule has 0 rings (SSSR count). The van der Waals surface area contributed by atoms with E-state index in [9.17, 15) is 4.79 Å². The van der Waals surface area contributed by atoms with Crippen molar-refractivity contribution in [2.75, 3.05) is 0 Å². The second-order valence-corrected chi connectivity index (χ2v) is 1.60. The Hall–Kier alpha value is 1.39. The van der Waals surface area contributed by atoms with Gasteiger partial charge in [-0.1, -0.05) is 0 Å². The number of nitrogens with two attached hydrogens (primary N) is 1. The van der Waals surface area contributed by atoms with Crippen molar-refractivity contribution >= 4 is 65.1 Å². The Morgan fingerprint density at radius 3 is 1.80 bits per heavy atom. The van der Waals surface area contributed by atoms with Crippen LogP contribution in [0.4, 0.5) is 0 Å². The van der Waals surface area contributed by atoms with Gasteiger partial charge < -0.3 is 15.9 Å². The molecule has 4 N–H and O–H groups in total. The number of carboxylic acid groups (broad SMARTS) is 1. The van der Waals surface area contributed by atoms with Crippen LogP contribution in [0.2, 0.25) is 0 Å². The Bertz CT molecular complexity index is 98.5. The minimum atomic E-state index is -1.18. The topological polar surface area (TPSA) is 83.5 Å². The van der Waals surface area contributed by atoms with Crippen molar-refractivity contribution < 1.29 is 15.0 Å². The van der Waals surface area contributed by atoms with E-state index < -0.39 is 18.1 Å². The second-order valence-electron chi connectivity index (χ2n) is 1.60. The summed E-state index contributed by atoms with van der Waals surface area (Å²) in [6.07, 6.45) is -0.979. The first-order valence-electron chi connectivity index (χ1n) is 2.22. The number of carboxylic acids is 1. The Morgan fingerprint density at radius 2 is 1.80 bits per heavy atom. The van der Waals surface area contributed by atoms with Crippen molar-refractivity contribution in [2.24, 2.45) is 5.73 Å². The van der Waals surface area contributed by atoms with Gasteiger partial charge in [-0.3, -0.25) is 4.79 Å². The zero-order valence-corrected chi connectivity index (χ0v) is 4.53. The first-order valence-corrected chi connectivity index (χ1v) is 2.22. The molecule has 0 aromatic heterocycles. The number of aliphatic carboxylic acids is 1. The third-order valence-corrected chi connectivity index (χ3v) is 0.805.